The Labute approximate surface area is 129 Å². The zero-order chi connectivity index (χ0) is 15.5. The summed E-state index contributed by atoms with van der Waals surface area (Å²) in [5.41, 5.74) is 3.23. The number of rotatable bonds is 4. The zero-order valence-corrected chi connectivity index (χ0v) is 12.7. The quantitative estimate of drug-likeness (QED) is 0.910. The third kappa shape index (κ3) is 3.35. The SMILES string of the molecule is Cc1nc2c([nH]1)C[C@H](C(=O)NCCc1ccc(F)cc1)CC2. The average Bonchev–Trinajstić information content (AvgIpc) is 2.88. The molecule has 1 atom stereocenters. The van der Waals surface area contributed by atoms with E-state index in [1.165, 1.54) is 12.1 Å². The van der Waals surface area contributed by atoms with E-state index < -0.39 is 0 Å². The molecule has 0 spiro atoms. The number of aromatic nitrogens is 2. The van der Waals surface area contributed by atoms with Crippen molar-refractivity contribution in [2.45, 2.75) is 32.6 Å². The molecule has 0 fully saturated rings. The van der Waals surface area contributed by atoms with Crippen LogP contribution in [0, 0.1) is 18.7 Å². The number of hydrogen-bond acceptors (Lipinski definition) is 2. The first-order chi connectivity index (χ1) is 10.6. The van der Waals surface area contributed by atoms with Gasteiger partial charge in [-0.2, -0.15) is 0 Å². The molecule has 0 aliphatic heterocycles. The Balaban J connectivity index is 1.49. The molecule has 1 aromatic heterocycles. The summed E-state index contributed by atoms with van der Waals surface area (Å²) in [6.07, 6.45) is 3.15. The van der Waals surface area contributed by atoms with Gasteiger partial charge in [0.1, 0.15) is 11.6 Å². The second-order valence-electron chi connectivity index (χ2n) is 5.85. The van der Waals surface area contributed by atoms with E-state index in [-0.39, 0.29) is 17.6 Å². The third-order valence-corrected chi connectivity index (χ3v) is 4.16. The number of nitrogens with one attached hydrogen (secondary N) is 2. The lowest BCUT2D eigenvalue weighted by molar-refractivity contribution is -0.125. The number of aromatic amines is 1. The minimum absolute atomic E-state index is 0.0144. The fourth-order valence-corrected chi connectivity index (χ4v) is 2.97. The number of hydrogen-bond donors (Lipinski definition) is 2. The van der Waals surface area contributed by atoms with Gasteiger partial charge in [0, 0.05) is 24.6 Å². The van der Waals surface area contributed by atoms with Crippen molar-refractivity contribution < 1.29 is 9.18 Å². The zero-order valence-electron chi connectivity index (χ0n) is 12.7. The second-order valence-corrected chi connectivity index (χ2v) is 5.85. The van der Waals surface area contributed by atoms with Crippen LogP contribution >= 0.6 is 0 Å². The van der Waals surface area contributed by atoms with Gasteiger partial charge in [-0.25, -0.2) is 9.37 Å². The van der Waals surface area contributed by atoms with E-state index in [0.29, 0.717) is 13.0 Å². The van der Waals surface area contributed by atoms with Crippen LogP contribution in [0.5, 0.6) is 0 Å². The Morgan fingerprint density at radius 2 is 2.18 bits per heavy atom. The molecule has 4 nitrogen and oxygen atoms in total. The second kappa shape index (κ2) is 6.30. The number of benzene rings is 1. The van der Waals surface area contributed by atoms with E-state index in [1.54, 1.807) is 12.1 Å². The molecule has 0 bridgehead atoms. The maximum Gasteiger partial charge on any atom is 0.223 e. The highest BCUT2D eigenvalue weighted by Crippen LogP contribution is 2.23. The van der Waals surface area contributed by atoms with Crippen LogP contribution in [0.1, 0.15) is 29.2 Å². The Bertz CT molecular complexity index is 663. The van der Waals surface area contributed by atoms with E-state index in [0.717, 1.165) is 42.0 Å². The molecule has 2 aromatic rings. The molecule has 3 rings (SSSR count). The van der Waals surface area contributed by atoms with Crippen molar-refractivity contribution in [2.75, 3.05) is 6.54 Å². The predicted molar refractivity (Wildman–Crippen MR) is 82.0 cm³/mol. The first-order valence-electron chi connectivity index (χ1n) is 7.68. The lowest BCUT2D eigenvalue weighted by Crippen LogP contribution is -2.35. The van der Waals surface area contributed by atoms with E-state index in [4.69, 9.17) is 0 Å². The molecule has 1 aromatic carbocycles. The highest BCUT2D eigenvalue weighted by Gasteiger charge is 2.26. The summed E-state index contributed by atoms with van der Waals surface area (Å²) in [7, 11) is 0. The summed E-state index contributed by atoms with van der Waals surface area (Å²) in [5, 5.41) is 2.99. The molecule has 1 aliphatic rings. The lowest BCUT2D eigenvalue weighted by Gasteiger charge is -2.20. The third-order valence-electron chi connectivity index (χ3n) is 4.16. The summed E-state index contributed by atoms with van der Waals surface area (Å²) < 4.78 is 12.8. The molecule has 0 unspecified atom stereocenters. The van der Waals surface area contributed by atoms with Gasteiger partial charge in [-0.15, -0.1) is 0 Å². The number of nitrogens with zero attached hydrogens (tertiary/aromatic N) is 1. The molecule has 2 N–H and O–H groups in total. The van der Waals surface area contributed by atoms with Gasteiger partial charge in [0.15, 0.2) is 0 Å². The monoisotopic (exact) mass is 301 g/mol. The van der Waals surface area contributed by atoms with Crippen molar-refractivity contribution >= 4 is 5.91 Å². The number of carbonyl (C=O) groups excluding carboxylic acids is 1. The lowest BCUT2D eigenvalue weighted by atomic mass is 9.89. The maximum absolute atomic E-state index is 12.8. The van der Waals surface area contributed by atoms with Gasteiger partial charge in [-0.05, 0) is 43.9 Å². The molecule has 1 aliphatic carbocycles. The van der Waals surface area contributed by atoms with E-state index >= 15 is 0 Å². The molecule has 22 heavy (non-hydrogen) atoms. The summed E-state index contributed by atoms with van der Waals surface area (Å²) in [6.45, 7) is 2.52. The summed E-state index contributed by atoms with van der Waals surface area (Å²) in [5.74, 6) is 0.795. The van der Waals surface area contributed by atoms with Gasteiger partial charge >= 0.3 is 0 Å². The Hall–Kier alpha value is -2.17. The minimum Gasteiger partial charge on any atom is -0.356 e. The molecule has 116 valence electrons. The Morgan fingerprint density at radius 3 is 2.95 bits per heavy atom. The first-order valence-corrected chi connectivity index (χ1v) is 7.68. The minimum atomic E-state index is -0.236. The van der Waals surface area contributed by atoms with E-state index in [9.17, 15) is 9.18 Å². The first kappa shape index (κ1) is 14.8. The van der Waals surface area contributed by atoms with Crippen LogP contribution in [0.3, 0.4) is 0 Å². The van der Waals surface area contributed by atoms with Gasteiger partial charge in [0.05, 0.1) is 5.69 Å². The fourth-order valence-electron chi connectivity index (χ4n) is 2.97. The normalized spacial score (nSPS) is 17.1. The van der Waals surface area contributed by atoms with Gasteiger partial charge in [0.25, 0.3) is 0 Å². The maximum atomic E-state index is 12.8. The van der Waals surface area contributed by atoms with Gasteiger partial charge in [0.2, 0.25) is 5.91 Å². The molecular weight excluding hydrogens is 281 g/mol. The summed E-state index contributed by atoms with van der Waals surface area (Å²) >= 11 is 0. The van der Waals surface area contributed by atoms with Gasteiger partial charge in [-0.3, -0.25) is 4.79 Å². The largest absolute Gasteiger partial charge is 0.356 e. The van der Waals surface area contributed by atoms with Crippen molar-refractivity contribution in [3.63, 3.8) is 0 Å². The van der Waals surface area contributed by atoms with Crippen molar-refractivity contribution in [1.29, 1.82) is 0 Å². The van der Waals surface area contributed by atoms with Crippen LogP contribution in [-0.2, 0) is 24.1 Å². The van der Waals surface area contributed by atoms with Crippen LogP contribution in [-0.4, -0.2) is 22.4 Å². The smallest absolute Gasteiger partial charge is 0.223 e. The highest BCUT2D eigenvalue weighted by atomic mass is 19.1. The van der Waals surface area contributed by atoms with E-state index in [1.807, 2.05) is 6.92 Å². The van der Waals surface area contributed by atoms with Crippen LogP contribution in [0.15, 0.2) is 24.3 Å². The van der Waals surface area contributed by atoms with Crippen LogP contribution in [0.25, 0.3) is 0 Å². The number of carbonyl (C=O) groups is 1. The van der Waals surface area contributed by atoms with E-state index in [2.05, 4.69) is 15.3 Å². The summed E-state index contributed by atoms with van der Waals surface area (Å²) in [4.78, 5) is 19.9. The van der Waals surface area contributed by atoms with Gasteiger partial charge in [-0.1, -0.05) is 12.1 Å². The molecule has 1 heterocycles. The standard InChI is InChI=1S/C17H20FN3O/c1-11-20-15-7-4-13(10-16(15)21-11)17(22)19-9-8-12-2-5-14(18)6-3-12/h2-3,5-6,13H,4,7-10H2,1H3,(H,19,22)(H,20,21)/t13-/m1/s1. The number of amides is 1. The molecule has 0 radical (unpaired) electrons. The topological polar surface area (TPSA) is 57.8 Å². The van der Waals surface area contributed by atoms with Crippen LogP contribution in [0.4, 0.5) is 4.39 Å². The Kier molecular flexibility index (Phi) is 4.22. The van der Waals surface area contributed by atoms with Gasteiger partial charge < -0.3 is 10.3 Å². The molecule has 5 heteroatoms. The number of fused-ring (bicyclic) bond motifs is 1. The highest BCUT2D eigenvalue weighted by molar-refractivity contribution is 5.79. The number of halogens is 1. The van der Waals surface area contributed by atoms with Crippen molar-refractivity contribution in [3.8, 4) is 0 Å². The predicted octanol–water partition coefficient (Wildman–Crippen LogP) is 2.32. The van der Waals surface area contributed by atoms with Crippen LogP contribution in [0.2, 0.25) is 0 Å². The number of imidazole rings is 1. The number of aryl methyl sites for hydroxylation is 2. The van der Waals surface area contributed by atoms with Crippen LogP contribution < -0.4 is 5.32 Å². The Morgan fingerprint density at radius 1 is 1.41 bits per heavy atom. The molecule has 1 amide bonds. The average molecular weight is 301 g/mol. The molecule has 0 saturated carbocycles. The van der Waals surface area contributed by atoms with Crippen molar-refractivity contribution in [3.05, 3.63) is 52.9 Å². The fraction of sp³-hybridized carbons (Fsp3) is 0.412. The van der Waals surface area contributed by atoms with Crippen molar-refractivity contribution in [1.82, 2.24) is 15.3 Å². The summed E-state index contributed by atoms with van der Waals surface area (Å²) in [6, 6.07) is 6.39. The number of H-pyrrole nitrogens is 1. The molecular formula is C17H20FN3O. The molecule has 0 saturated heterocycles. The van der Waals surface area contributed by atoms with Crippen molar-refractivity contribution in [2.24, 2.45) is 5.92 Å².